The van der Waals surface area contributed by atoms with Gasteiger partial charge in [-0.1, -0.05) is 12.8 Å². The first-order valence-electron chi connectivity index (χ1n) is 7.38. The number of carboxylic acids is 1. The number of hydrogen-bond acceptors (Lipinski definition) is 3. The van der Waals surface area contributed by atoms with Gasteiger partial charge < -0.3 is 20.1 Å². The van der Waals surface area contributed by atoms with E-state index in [1.165, 1.54) is 4.90 Å². The van der Waals surface area contributed by atoms with Gasteiger partial charge in [0.15, 0.2) is 0 Å². The monoisotopic (exact) mass is 284 g/mol. The summed E-state index contributed by atoms with van der Waals surface area (Å²) in [6, 6.07) is -0.214. The lowest BCUT2D eigenvalue weighted by atomic mass is 9.80. The van der Waals surface area contributed by atoms with Crippen molar-refractivity contribution in [2.45, 2.75) is 56.6 Å². The van der Waals surface area contributed by atoms with E-state index in [1.54, 1.807) is 7.11 Å². The van der Waals surface area contributed by atoms with Crippen molar-refractivity contribution in [2.75, 3.05) is 20.2 Å². The van der Waals surface area contributed by atoms with Crippen molar-refractivity contribution in [3.05, 3.63) is 0 Å². The molecule has 2 fully saturated rings. The van der Waals surface area contributed by atoms with Gasteiger partial charge in [0.05, 0.1) is 5.60 Å². The SMILES string of the molecule is COC1(CNC(=O)N(CC(=O)O)C2CCCC2)CCC1. The molecule has 20 heavy (non-hydrogen) atoms. The molecule has 0 aromatic rings. The number of nitrogens with zero attached hydrogens (tertiary/aromatic N) is 1. The molecule has 2 rings (SSSR count). The molecule has 114 valence electrons. The number of carbonyl (C=O) groups is 2. The highest BCUT2D eigenvalue weighted by Gasteiger charge is 2.38. The fourth-order valence-corrected chi connectivity index (χ4v) is 3.09. The number of amides is 2. The molecule has 6 heteroatoms. The minimum atomic E-state index is -0.961. The highest BCUT2D eigenvalue weighted by Crippen LogP contribution is 2.34. The van der Waals surface area contributed by atoms with Crippen molar-refractivity contribution in [2.24, 2.45) is 0 Å². The fourth-order valence-electron chi connectivity index (χ4n) is 3.09. The lowest BCUT2D eigenvalue weighted by Gasteiger charge is -2.41. The zero-order valence-corrected chi connectivity index (χ0v) is 12.1. The summed E-state index contributed by atoms with van der Waals surface area (Å²) >= 11 is 0. The number of rotatable bonds is 6. The van der Waals surface area contributed by atoms with E-state index in [9.17, 15) is 9.59 Å². The second kappa shape index (κ2) is 6.43. The normalized spacial score (nSPS) is 21.2. The summed E-state index contributed by atoms with van der Waals surface area (Å²) in [5, 5.41) is 11.8. The van der Waals surface area contributed by atoms with Crippen molar-refractivity contribution in [3.63, 3.8) is 0 Å². The molecule has 2 saturated carbocycles. The van der Waals surface area contributed by atoms with Gasteiger partial charge in [-0.3, -0.25) is 4.79 Å². The number of aliphatic carboxylic acids is 1. The summed E-state index contributed by atoms with van der Waals surface area (Å²) in [5.41, 5.74) is -0.236. The molecular formula is C14H24N2O4. The lowest BCUT2D eigenvalue weighted by Crippen LogP contribution is -2.54. The zero-order valence-electron chi connectivity index (χ0n) is 12.1. The molecule has 0 aromatic heterocycles. The van der Waals surface area contributed by atoms with E-state index in [4.69, 9.17) is 9.84 Å². The van der Waals surface area contributed by atoms with E-state index in [-0.39, 0.29) is 24.2 Å². The number of methoxy groups -OCH3 is 1. The number of hydrogen-bond donors (Lipinski definition) is 2. The predicted octanol–water partition coefficient (Wildman–Crippen LogP) is 1.59. The van der Waals surface area contributed by atoms with E-state index >= 15 is 0 Å². The average molecular weight is 284 g/mol. The first-order valence-corrected chi connectivity index (χ1v) is 7.38. The van der Waals surface area contributed by atoms with Gasteiger partial charge in [0.2, 0.25) is 0 Å². The molecule has 0 aliphatic heterocycles. The second-order valence-corrected chi connectivity index (χ2v) is 5.86. The molecule has 0 atom stereocenters. The number of carbonyl (C=O) groups excluding carboxylic acids is 1. The van der Waals surface area contributed by atoms with Crippen LogP contribution in [0.3, 0.4) is 0 Å². The molecule has 2 N–H and O–H groups in total. The van der Waals surface area contributed by atoms with Crippen LogP contribution in [0.1, 0.15) is 44.9 Å². The number of carboxylic acid groups (broad SMARTS) is 1. The van der Waals surface area contributed by atoms with Gasteiger partial charge in [0.25, 0.3) is 0 Å². The van der Waals surface area contributed by atoms with Crippen LogP contribution in [0.5, 0.6) is 0 Å². The van der Waals surface area contributed by atoms with Crippen LogP contribution < -0.4 is 5.32 Å². The van der Waals surface area contributed by atoms with Crippen LogP contribution in [0.25, 0.3) is 0 Å². The highest BCUT2D eigenvalue weighted by atomic mass is 16.5. The van der Waals surface area contributed by atoms with Crippen molar-refractivity contribution >= 4 is 12.0 Å². The number of urea groups is 1. The molecule has 0 saturated heterocycles. The highest BCUT2D eigenvalue weighted by molar-refractivity contribution is 5.80. The minimum Gasteiger partial charge on any atom is -0.480 e. The van der Waals surface area contributed by atoms with E-state index in [0.717, 1.165) is 44.9 Å². The van der Waals surface area contributed by atoms with Gasteiger partial charge in [-0.15, -0.1) is 0 Å². The summed E-state index contributed by atoms with van der Waals surface area (Å²) in [4.78, 5) is 24.7. The van der Waals surface area contributed by atoms with Gasteiger partial charge >= 0.3 is 12.0 Å². The van der Waals surface area contributed by atoms with Gasteiger partial charge in [-0.05, 0) is 32.1 Å². The topological polar surface area (TPSA) is 78.9 Å². The molecule has 6 nitrogen and oxygen atoms in total. The zero-order chi connectivity index (χ0) is 14.6. The van der Waals surface area contributed by atoms with Crippen LogP contribution in [0.2, 0.25) is 0 Å². The maximum Gasteiger partial charge on any atom is 0.323 e. The van der Waals surface area contributed by atoms with Crippen molar-refractivity contribution < 1.29 is 19.4 Å². The Balaban J connectivity index is 1.90. The first kappa shape index (κ1) is 15.1. The van der Waals surface area contributed by atoms with E-state index in [2.05, 4.69) is 5.32 Å². The van der Waals surface area contributed by atoms with Crippen molar-refractivity contribution in [1.29, 1.82) is 0 Å². The van der Waals surface area contributed by atoms with Crippen LogP contribution in [-0.2, 0) is 9.53 Å². The Bertz CT molecular complexity index is 357. The standard InChI is InChI=1S/C14H24N2O4/c1-20-14(7-4-8-14)10-15-13(19)16(9-12(17)18)11-5-2-3-6-11/h11H,2-10H2,1H3,(H,15,19)(H,17,18). The summed E-state index contributed by atoms with van der Waals surface area (Å²) in [7, 11) is 1.66. The third kappa shape index (κ3) is 3.42. The largest absolute Gasteiger partial charge is 0.480 e. The van der Waals surface area contributed by atoms with Crippen LogP contribution in [-0.4, -0.2) is 53.8 Å². The van der Waals surface area contributed by atoms with Crippen molar-refractivity contribution in [3.8, 4) is 0 Å². The van der Waals surface area contributed by atoms with E-state index in [1.807, 2.05) is 0 Å². The number of nitrogens with one attached hydrogen (secondary N) is 1. The molecule has 0 radical (unpaired) electrons. The molecule has 0 unspecified atom stereocenters. The molecule has 0 aromatic carbocycles. The van der Waals surface area contributed by atoms with Crippen LogP contribution >= 0.6 is 0 Å². The van der Waals surface area contributed by atoms with Gasteiger partial charge in [0, 0.05) is 19.7 Å². The van der Waals surface area contributed by atoms with Crippen molar-refractivity contribution in [1.82, 2.24) is 10.2 Å². The summed E-state index contributed by atoms with van der Waals surface area (Å²) < 4.78 is 5.46. The summed E-state index contributed by atoms with van der Waals surface area (Å²) in [6.45, 7) is 0.238. The van der Waals surface area contributed by atoms with Gasteiger partial charge in [-0.25, -0.2) is 4.79 Å². The smallest absolute Gasteiger partial charge is 0.323 e. The Labute approximate surface area is 119 Å². The molecule has 2 amide bonds. The lowest BCUT2D eigenvalue weighted by molar-refractivity contribution is -0.138. The third-order valence-corrected chi connectivity index (χ3v) is 4.59. The fraction of sp³-hybridized carbons (Fsp3) is 0.857. The van der Waals surface area contributed by atoms with E-state index < -0.39 is 5.97 Å². The van der Waals surface area contributed by atoms with Crippen LogP contribution in [0, 0.1) is 0 Å². The molecule has 0 spiro atoms. The Kier molecular flexibility index (Phi) is 4.86. The maximum atomic E-state index is 12.3. The molecule has 0 bridgehead atoms. The summed E-state index contributed by atoms with van der Waals surface area (Å²) in [5.74, 6) is -0.961. The Hall–Kier alpha value is -1.30. The quantitative estimate of drug-likeness (QED) is 0.776. The Morgan fingerprint density at radius 1 is 1.30 bits per heavy atom. The van der Waals surface area contributed by atoms with Gasteiger partial charge in [-0.2, -0.15) is 0 Å². The number of ether oxygens (including phenoxy) is 1. The Morgan fingerprint density at radius 2 is 1.95 bits per heavy atom. The second-order valence-electron chi connectivity index (χ2n) is 5.86. The van der Waals surface area contributed by atoms with Gasteiger partial charge in [0.1, 0.15) is 6.54 Å². The Morgan fingerprint density at radius 3 is 2.40 bits per heavy atom. The first-order chi connectivity index (χ1) is 9.56. The minimum absolute atomic E-state index is 0.0611. The van der Waals surface area contributed by atoms with Crippen LogP contribution in [0.15, 0.2) is 0 Å². The predicted molar refractivity (Wildman–Crippen MR) is 73.6 cm³/mol. The third-order valence-electron chi connectivity index (χ3n) is 4.59. The molecule has 2 aliphatic carbocycles. The summed E-state index contributed by atoms with van der Waals surface area (Å²) in [6.07, 6.45) is 6.95. The average Bonchev–Trinajstić information content (AvgIpc) is 2.88. The van der Waals surface area contributed by atoms with E-state index in [0.29, 0.717) is 6.54 Å². The molecular weight excluding hydrogens is 260 g/mol. The van der Waals surface area contributed by atoms with Crippen LogP contribution in [0.4, 0.5) is 4.79 Å². The molecule has 0 heterocycles. The molecule has 2 aliphatic rings. The maximum absolute atomic E-state index is 12.3.